The molecule has 0 amide bonds. The molecule has 8 aromatic rings. The van der Waals surface area contributed by atoms with E-state index >= 15 is 0 Å². The number of nitrogens with zero attached hydrogens (tertiary/aromatic N) is 2. The Hall–Kier alpha value is -6.78. The second kappa shape index (κ2) is 12.4. The van der Waals surface area contributed by atoms with Crippen LogP contribution in [0, 0.1) is 27.7 Å². The van der Waals surface area contributed by atoms with Crippen LogP contribution in [-0.2, 0) is 0 Å². The standard InChI is InChI=1S/C50H38N2O2/c1-31-15-22-44(34(4)26-31)52(36-13-9-6-10-14-36)38-17-19-41-43-21-20-42-40-18-16-37(51(35-11-7-5-8-12-35)39-27-32(2)25-33(3)28-39)29-47(40)53-45-23-24-46(50(43)49(42)45)54-48(41)30-38/h5-30H,1-4H3. The predicted molar refractivity (Wildman–Crippen MR) is 223 cm³/mol. The van der Waals surface area contributed by atoms with Crippen LogP contribution in [0.15, 0.2) is 158 Å². The lowest BCUT2D eigenvalue weighted by Crippen LogP contribution is -2.12. The van der Waals surface area contributed by atoms with E-state index in [0.29, 0.717) is 0 Å². The summed E-state index contributed by atoms with van der Waals surface area (Å²) in [5.74, 6) is 3.34. The van der Waals surface area contributed by atoms with Crippen molar-refractivity contribution in [1.82, 2.24) is 0 Å². The van der Waals surface area contributed by atoms with E-state index in [9.17, 15) is 0 Å². The minimum atomic E-state index is 0.835. The Bertz CT molecular complexity index is 2750. The third-order valence-corrected chi connectivity index (χ3v) is 10.6. The first-order chi connectivity index (χ1) is 26.4. The summed E-state index contributed by atoms with van der Waals surface area (Å²) in [4.78, 5) is 4.61. The van der Waals surface area contributed by atoms with Crippen LogP contribution in [-0.4, -0.2) is 0 Å². The molecule has 4 nitrogen and oxygen atoms in total. The van der Waals surface area contributed by atoms with Gasteiger partial charge in [0.25, 0.3) is 0 Å². The van der Waals surface area contributed by atoms with Crippen LogP contribution >= 0.6 is 0 Å². The first-order valence-corrected chi connectivity index (χ1v) is 18.5. The minimum Gasteiger partial charge on any atom is -0.456 e. The highest BCUT2D eigenvalue weighted by atomic mass is 16.5. The van der Waals surface area contributed by atoms with Gasteiger partial charge >= 0.3 is 0 Å². The number of para-hydroxylation sites is 2. The van der Waals surface area contributed by atoms with E-state index in [0.717, 1.165) is 90.1 Å². The Morgan fingerprint density at radius 2 is 0.833 bits per heavy atom. The maximum absolute atomic E-state index is 6.81. The molecule has 8 aromatic carbocycles. The van der Waals surface area contributed by atoms with Gasteiger partial charge in [-0.05, 0) is 134 Å². The van der Waals surface area contributed by atoms with Gasteiger partial charge in [0.2, 0.25) is 0 Å². The normalized spacial score (nSPS) is 12.0. The molecule has 0 fully saturated rings. The van der Waals surface area contributed by atoms with E-state index in [1.54, 1.807) is 0 Å². The summed E-state index contributed by atoms with van der Waals surface area (Å²) in [5.41, 5.74) is 15.9. The van der Waals surface area contributed by atoms with Crippen LogP contribution in [0.2, 0.25) is 0 Å². The zero-order valence-electron chi connectivity index (χ0n) is 30.7. The van der Waals surface area contributed by atoms with Gasteiger partial charge in [-0.2, -0.15) is 0 Å². The Morgan fingerprint density at radius 3 is 1.37 bits per heavy atom. The number of fused-ring (bicyclic) bond motifs is 4. The van der Waals surface area contributed by atoms with Crippen LogP contribution in [0.5, 0.6) is 23.0 Å². The van der Waals surface area contributed by atoms with Gasteiger partial charge in [0.15, 0.2) is 0 Å². The van der Waals surface area contributed by atoms with E-state index in [2.05, 4.69) is 195 Å². The summed E-state index contributed by atoms with van der Waals surface area (Å²) in [6.07, 6.45) is 0. The number of anilines is 6. The first kappa shape index (κ1) is 31.9. The second-order valence-corrected chi connectivity index (χ2v) is 14.5. The fourth-order valence-corrected chi connectivity index (χ4v) is 8.37. The fraction of sp³-hybridized carbons (Fsp3) is 0.0800. The quantitative estimate of drug-likeness (QED) is 0.173. The number of aryl methyl sites for hydroxylation is 4. The zero-order valence-corrected chi connectivity index (χ0v) is 30.7. The minimum absolute atomic E-state index is 0.835. The van der Waals surface area contributed by atoms with Crippen LogP contribution < -0.4 is 19.3 Å². The van der Waals surface area contributed by atoms with Crippen molar-refractivity contribution in [2.24, 2.45) is 0 Å². The Labute approximate surface area is 316 Å². The Balaban J connectivity index is 1.07. The Kier molecular flexibility index (Phi) is 7.34. The van der Waals surface area contributed by atoms with Crippen molar-refractivity contribution in [1.29, 1.82) is 0 Å². The van der Waals surface area contributed by atoms with Crippen LogP contribution in [0.25, 0.3) is 33.0 Å². The molecular weight excluding hydrogens is 661 g/mol. The smallest absolute Gasteiger partial charge is 0.137 e. The lowest BCUT2D eigenvalue weighted by Gasteiger charge is -2.31. The van der Waals surface area contributed by atoms with E-state index in [1.165, 1.54) is 22.3 Å². The summed E-state index contributed by atoms with van der Waals surface area (Å²) < 4.78 is 13.6. The van der Waals surface area contributed by atoms with Gasteiger partial charge < -0.3 is 19.3 Å². The molecule has 0 aliphatic carbocycles. The molecule has 2 heterocycles. The van der Waals surface area contributed by atoms with Crippen LogP contribution in [0.1, 0.15) is 22.3 Å². The van der Waals surface area contributed by atoms with E-state index in [1.807, 2.05) is 0 Å². The molecule has 0 unspecified atom stereocenters. The molecule has 4 heteroatoms. The van der Waals surface area contributed by atoms with E-state index in [4.69, 9.17) is 9.47 Å². The van der Waals surface area contributed by atoms with Crippen molar-refractivity contribution in [3.05, 3.63) is 180 Å². The summed E-state index contributed by atoms with van der Waals surface area (Å²) in [6, 6.07) is 56.1. The highest BCUT2D eigenvalue weighted by molar-refractivity contribution is 6.14. The summed E-state index contributed by atoms with van der Waals surface area (Å²) >= 11 is 0. The lowest BCUT2D eigenvalue weighted by molar-refractivity contribution is 0.475. The van der Waals surface area contributed by atoms with Crippen molar-refractivity contribution in [3.8, 4) is 45.3 Å². The average Bonchev–Trinajstić information content (AvgIpc) is 3.18. The van der Waals surface area contributed by atoms with E-state index < -0.39 is 0 Å². The van der Waals surface area contributed by atoms with Gasteiger partial charge in [-0.15, -0.1) is 0 Å². The topological polar surface area (TPSA) is 24.9 Å². The highest BCUT2D eigenvalue weighted by Crippen LogP contribution is 2.56. The lowest BCUT2D eigenvalue weighted by atomic mass is 9.88. The van der Waals surface area contributed by atoms with Crippen LogP contribution in [0.4, 0.5) is 34.1 Å². The second-order valence-electron chi connectivity index (χ2n) is 14.5. The number of hydrogen-bond donors (Lipinski definition) is 0. The van der Waals surface area contributed by atoms with Crippen molar-refractivity contribution < 1.29 is 9.47 Å². The highest BCUT2D eigenvalue weighted by Gasteiger charge is 2.29. The molecule has 54 heavy (non-hydrogen) atoms. The average molecular weight is 699 g/mol. The molecule has 0 saturated carbocycles. The SMILES string of the molecule is Cc1cc(C)cc(N(c2ccccc2)c2ccc3c(c2)Oc2ccc4c5c(ccc-3c25)-c2ccc(N(c3ccccc3)c3ccc(C)cc3C)cc2O4)c1. The number of hydrogen-bond acceptors (Lipinski definition) is 4. The van der Waals surface area contributed by atoms with E-state index in [-0.39, 0.29) is 0 Å². The Morgan fingerprint density at radius 1 is 0.333 bits per heavy atom. The summed E-state index contributed by atoms with van der Waals surface area (Å²) in [6.45, 7) is 8.61. The molecule has 0 aromatic heterocycles. The van der Waals surface area contributed by atoms with Crippen molar-refractivity contribution in [2.75, 3.05) is 9.80 Å². The zero-order chi connectivity index (χ0) is 36.5. The van der Waals surface area contributed by atoms with Gasteiger partial charge in [0.05, 0.1) is 0 Å². The third-order valence-electron chi connectivity index (χ3n) is 10.6. The predicted octanol–water partition coefficient (Wildman–Crippen LogP) is 14.6. The van der Waals surface area contributed by atoms with Gasteiger partial charge in [-0.25, -0.2) is 0 Å². The molecule has 0 bridgehead atoms. The van der Waals surface area contributed by atoms with Crippen molar-refractivity contribution >= 4 is 44.9 Å². The number of ether oxygens (including phenoxy) is 2. The molecule has 10 rings (SSSR count). The molecular formula is C50H38N2O2. The largest absolute Gasteiger partial charge is 0.456 e. The molecule has 2 aliphatic rings. The number of rotatable bonds is 6. The fourth-order valence-electron chi connectivity index (χ4n) is 8.37. The maximum atomic E-state index is 6.81. The summed E-state index contributed by atoms with van der Waals surface area (Å²) in [5, 5.41) is 2.16. The maximum Gasteiger partial charge on any atom is 0.137 e. The van der Waals surface area contributed by atoms with Crippen LogP contribution in [0.3, 0.4) is 0 Å². The molecule has 0 radical (unpaired) electrons. The molecule has 0 spiro atoms. The van der Waals surface area contributed by atoms with Gasteiger partial charge in [-0.1, -0.05) is 72.3 Å². The molecule has 0 N–H and O–H groups in total. The third kappa shape index (κ3) is 5.21. The summed E-state index contributed by atoms with van der Waals surface area (Å²) in [7, 11) is 0. The molecule has 260 valence electrons. The van der Waals surface area contributed by atoms with Gasteiger partial charge in [0, 0.05) is 68.2 Å². The van der Waals surface area contributed by atoms with Gasteiger partial charge in [0.1, 0.15) is 23.0 Å². The van der Waals surface area contributed by atoms with Gasteiger partial charge in [-0.3, -0.25) is 0 Å². The molecule has 0 atom stereocenters. The van der Waals surface area contributed by atoms with Crippen molar-refractivity contribution in [3.63, 3.8) is 0 Å². The molecule has 0 saturated heterocycles. The number of benzene rings is 8. The van der Waals surface area contributed by atoms with Crippen molar-refractivity contribution in [2.45, 2.75) is 27.7 Å². The molecule has 2 aliphatic heterocycles. The first-order valence-electron chi connectivity index (χ1n) is 18.5. The monoisotopic (exact) mass is 698 g/mol.